The van der Waals surface area contributed by atoms with Crippen LogP contribution in [0.1, 0.15) is 25.0 Å². The van der Waals surface area contributed by atoms with Gasteiger partial charge >= 0.3 is 0 Å². The molecular weight excluding hydrogens is 344 g/mol. The maximum absolute atomic E-state index is 13.1. The van der Waals surface area contributed by atoms with Crippen molar-refractivity contribution in [1.29, 1.82) is 5.26 Å². The minimum atomic E-state index is -2.60. The lowest BCUT2D eigenvalue weighted by Gasteiger charge is -2.43. The highest BCUT2D eigenvalue weighted by Crippen LogP contribution is 2.38. The fourth-order valence-corrected chi connectivity index (χ4v) is 4.97. The van der Waals surface area contributed by atoms with Gasteiger partial charge in [-0.05, 0) is 54.6 Å². The van der Waals surface area contributed by atoms with Gasteiger partial charge in [0, 0.05) is 7.05 Å². The number of hydrogen-bond acceptors (Lipinski definition) is 4. The van der Waals surface area contributed by atoms with Gasteiger partial charge in [0.2, 0.25) is 5.96 Å². The lowest BCUT2D eigenvalue weighted by molar-refractivity contribution is 0.448. The van der Waals surface area contributed by atoms with Gasteiger partial charge in [0.05, 0.1) is 26.6 Å². The van der Waals surface area contributed by atoms with Crippen molar-refractivity contribution < 1.29 is 4.21 Å². The summed E-state index contributed by atoms with van der Waals surface area (Å²) in [5.74, 6) is 4.15. The standard InChI is InChI=1S/C20H22N4OS/c1-14-20(2,23-19(22)24(3)26(14,4)25)18-10-6-9-17(12-18)16-8-5-7-15(11-16)13-21/h5-12,14H,4H2,1-3H3,(H2,22,23)/t14?,20-,26?/m0/s1. The van der Waals surface area contributed by atoms with Gasteiger partial charge in [-0.15, -0.1) is 0 Å². The van der Waals surface area contributed by atoms with E-state index in [4.69, 9.17) is 11.0 Å². The zero-order valence-electron chi connectivity index (χ0n) is 15.1. The number of aliphatic imine (C=N–C) groups is 1. The molecule has 1 heterocycles. The van der Waals surface area contributed by atoms with Gasteiger partial charge < -0.3 is 5.73 Å². The summed E-state index contributed by atoms with van der Waals surface area (Å²) >= 11 is 0. The van der Waals surface area contributed by atoms with Crippen LogP contribution < -0.4 is 5.73 Å². The molecule has 0 fully saturated rings. The van der Waals surface area contributed by atoms with Gasteiger partial charge in [-0.3, -0.25) is 4.31 Å². The van der Waals surface area contributed by atoms with Crippen molar-refractivity contribution in [3.8, 4) is 17.2 Å². The van der Waals surface area contributed by atoms with Crippen molar-refractivity contribution in [2.24, 2.45) is 10.7 Å². The smallest absolute Gasteiger partial charge is 0.203 e. The fourth-order valence-electron chi connectivity index (χ4n) is 3.23. The summed E-state index contributed by atoms with van der Waals surface area (Å²) in [6.07, 6.45) is 0. The molecule has 1 aliphatic heterocycles. The highest BCUT2D eigenvalue weighted by atomic mass is 32.2. The van der Waals surface area contributed by atoms with E-state index in [0.717, 1.165) is 16.7 Å². The van der Waals surface area contributed by atoms with Crippen LogP contribution in [0.3, 0.4) is 0 Å². The molecule has 134 valence electrons. The van der Waals surface area contributed by atoms with Crippen LogP contribution in [0.4, 0.5) is 0 Å². The van der Waals surface area contributed by atoms with E-state index in [9.17, 15) is 4.21 Å². The molecule has 0 saturated heterocycles. The van der Waals surface area contributed by atoms with E-state index >= 15 is 0 Å². The van der Waals surface area contributed by atoms with E-state index in [1.54, 1.807) is 13.1 Å². The Balaban J connectivity index is 2.15. The van der Waals surface area contributed by atoms with E-state index in [1.165, 1.54) is 4.31 Å². The van der Waals surface area contributed by atoms with Crippen LogP contribution in [0, 0.1) is 11.3 Å². The third kappa shape index (κ3) is 2.74. The molecule has 6 heteroatoms. The third-order valence-electron chi connectivity index (χ3n) is 5.25. The Morgan fingerprint density at radius 1 is 1.27 bits per heavy atom. The van der Waals surface area contributed by atoms with Crippen LogP contribution in [-0.2, 0) is 15.2 Å². The van der Waals surface area contributed by atoms with Crippen LogP contribution in [0.5, 0.6) is 0 Å². The zero-order chi connectivity index (χ0) is 19.1. The van der Waals surface area contributed by atoms with Gasteiger partial charge in [0.15, 0.2) is 0 Å². The summed E-state index contributed by atoms with van der Waals surface area (Å²) in [7, 11) is -0.938. The number of nitrogens with two attached hydrogens (primary N) is 1. The molecule has 3 rings (SSSR count). The van der Waals surface area contributed by atoms with E-state index < -0.39 is 15.2 Å². The van der Waals surface area contributed by atoms with Crippen molar-refractivity contribution in [1.82, 2.24) is 4.31 Å². The molecule has 2 aromatic rings. The van der Waals surface area contributed by atoms with Crippen LogP contribution >= 0.6 is 0 Å². The quantitative estimate of drug-likeness (QED) is 0.830. The number of benzene rings is 2. The number of nitrogens with zero attached hydrogens (tertiary/aromatic N) is 3. The Morgan fingerprint density at radius 3 is 2.54 bits per heavy atom. The van der Waals surface area contributed by atoms with Crippen molar-refractivity contribution in [3.63, 3.8) is 0 Å². The van der Waals surface area contributed by atoms with Crippen molar-refractivity contribution in [3.05, 3.63) is 59.7 Å². The third-order valence-corrected chi connectivity index (χ3v) is 7.93. The summed E-state index contributed by atoms with van der Waals surface area (Å²) in [6.45, 7) is 3.83. The van der Waals surface area contributed by atoms with E-state index in [1.807, 2.05) is 56.3 Å². The SMILES string of the molecule is C=S1(=O)C(C)[C@@](C)(c2cccc(-c3cccc(C#N)c3)c2)N=C(N)N1C. The van der Waals surface area contributed by atoms with Gasteiger partial charge in [0.1, 0.15) is 5.54 Å². The molecule has 0 amide bonds. The molecule has 2 N–H and O–H groups in total. The van der Waals surface area contributed by atoms with Gasteiger partial charge in [-0.25, -0.2) is 9.20 Å². The first-order valence-electron chi connectivity index (χ1n) is 8.26. The molecule has 2 unspecified atom stereocenters. The minimum Gasteiger partial charge on any atom is -0.369 e. The monoisotopic (exact) mass is 366 g/mol. The largest absolute Gasteiger partial charge is 0.369 e. The number of nitriles is 1. The Morgan fingerprint density at radius 2 is 1.88 bits per heavy atom. The van der Waals surface area contributed by atoms with Crippen molar-refractivity contribution in [2.45, 2.75) is 24.6 Å². The summed E-state index contributed by atoms with van der Waals surface area (Å²) in [5, 5.41) is 8.80. The van der Waals surface area contributed by atoms with Crippen LogP contribution in [0.15, 0.2) is 53.5 Å². The Bertz CT molecular complexity index is 1040. The Labute approximate surface area is 154 Å². The van der Waals surface area contributed by atoms with E-state index in [0.29, 0.717) is 5.56 Å². The van der Waals surface area contributed by atoms with E-state index in [2.05, 4.69) is 16.9 Å². The van der Waals surface area contributed by atoms with E-state index in [-0.39, 0.29) is 11.2 Å². The average molecular weight is 366 g/mol. The maximum Gasteiger partial charge on any atom is 0.203 e. The zero-order valence-corrected chi connectivity index (χ0v) is 16.0. The molecule has 3 atom stereocenters. The predicted octanol–water partition coefficient (Wildman–Crippen LogP) is 2.72. The molecule has 0 radical (unpaired) electrons. The van der Waals surface area contributed by atoms with Crippen LogP contribution in [0.2, 0.25) is 0 Å². The maximum atomic E-state index is 13.1. The molecule has 26 heavy (non-hydrogen) atoms. The molecule has 0 bridgehead atoms. The highest BCUT2D eigenvalue weighted by molar-refractivity contribution is 7.99. The molecular formula is C20H22N4OS. The fraction of sp³-hybridized carbons (Fsp3) is 0.250. The van der Waals surface area contributed by atoms with Gasteiger partial charge in [0.25, 0.3) is 0 Å². The summed E-state index contributed by atoms with van der Waals surface area (Å²) in [4.78, 5) is 4.66. The summed E-state index contributed by atoms with van der Waals surface area (Å²) < 4.78 is 14.6. The first-order chi connectivity index (χ1) is 12.2. The molecule has 1 aliphatic rings. The first kappa shape index (κ1) is 18.0. The molecule has 0 spiro atoms. The molecule has 0 aromatic heterocycles. The average Bonchev–Trinajstić information content (AvgIpc) is 2.65. The lowest BCUT2D eigenvalue weighted by Crippen LogP contribution is -2.55. The second kappa shape index (κ2) is 6.19. The molecule has 2 aromatic carbocycles. The minimum absolute atomic E-state index is 0.225. The molecule has 0 aliphatic carbocycles. The summed E-state index contributed by atoms with van der Waals surface area (Å²) in [6, 6.07) is 17.5. The van der Waals surface area contributed by atoms with Crippen molar-refractivity contribution >= 4 is 21.5 Å². The lowest BCUT2D eigenvalue weighted by atomic mass is 9.87. The topological polar surface area (TPSA) is 82.5 Å². The molecule has 5 nitrogen and oxygen atoms in total. The van der Waals surface area contributed by atoms with Crippen LogP contribution in [0.25, 0.3) is 11.1 Å². The van der Waals surface area contributed by atoms with Gasteiger partial charge in [-0.1, -0.05) is 30.3 Å². The van der Waals surface area contributed by atoms with Crippen molar-refractivity contribution in [2.75, 3.05) is 7.05 Å². The highest BCUT2D eigenvalue weighted by Gasteiger charge is 2.44. The number of rotatable bonds is 2. The second-order valence-corrected chi connectivity index (χ2v) is 9.35. The van der Waals surface area contributed by atoms with Crippen LogP contribution in [-0.4, -0.2) is 32.6 Å². The Hall–Kier alpha value is -2.78. The summed E-state index contributed by atoms with van der Waals surface area (Å²) in [5.41, 5.74) is 8.72. The second-order valence-electron chi connectivity index (χ2n) is 6.72. The number of hydrogen-bond donors (Lipinski definition) is 1. The molecule has 0 saturated carbocycles. The van der Waals surface area contributed by atoms with Gasteiger partial charge in [-0.2, -0.15) is 5.26 Å². The predicted molar refractivity (Wildman–Crippen MR) is 108 cm³/mol. The normalized spacial score (nSPS) is 28.3. The first-order valence-corrected chi connectivity index (χ1v) is 10.0. The number of guanidine groups is 1. The Kier molecular flexibility index (Phi) is 4.29.